The number of hydrogen-bond donors (Lipinski definition) is 4. The second kappa shape index (κ2) is 11.0. The van der Waals surface area contributed by atoms with Gasteiger partial charge in [-0.1, -0.05) is 23.2 Å². The first kappa shape index (κ1) is 29.8. The van der Waals surface area contributed by atoms with Crippen LogP contribution < -0.4 is 5.32 Å². The number of aryl methyl sites for hydroxylation is 1. The van der Waals surface area contributed by atoms with E-state index in [4.69, 9.17) is 46.4 Å². The monoisotopic (exact) mass is 668 g/mol. The number of hydrogen-bond acceptors (Lipinski definition) is 12. The Morgan fingerprint density at radius 1 is 0.850 bits per heavy atom. The summed E-state index contributed by atoms with van der Waals surface area (Å²) >= 11 is 23.6. The summed E-state index contributed by atoms with van der Waals surface area (Å²) in [6.45, 7) is 1.42. The predicted octanol–water partition coefficient (Wildman–Crippen LogP) is 5.34. The highest BCUT2D eigenvalue weighted by Gasteiger charge is 2.23. The molecule has 0 aliphatic rings. The lowest BCUT2D eigenvalue weighted by molar-refractivity contribution is 0.434. The molecule has 0 aliphatic heterocycles. The van der Waals surface area contributed by atoms with Crippen LogP contribution in [0.3, 0.4) is 0 Å². The van der Waals surface area contributed by atoms with Gasteiger partial charge >= 0.3 is 0 Å². The summed E-state index contributed by atoms with van der Waals surface area (Å²) < 4.78 is 66.6. The van der Waals surface area contributed by atoms with Gasteiger partial charge in [-0.2, -0.15) is 41.6 Å². The highest BCUT2D eigenvalue weighted by molar-refractivity contribution is 7.86. The number of nitrogens with zero attached hydrogens (tertiary/aromatic N) is 7. The lowest BCUT2D eigenvalue weighted by atomic mass is 10.3. The van der Waals surface area contributed by atoms with Crippen molar-refractivity contribution in [3.05, 3.63) is 56.6 Å². The molecule has 4 rings (SSSR count). The van der Waals surface area contributed by atoms with Gasteiger partial charge < -0.3 is 10.4 Å². The van der Waals surface area contributed by atoms with E-state index < -0.39 is 40.9 Å². The third-order valence-corrected chi connectivity index (χ3v) is 7.70. The van der Waals surface area contributed by atoms with Crippen LogP contribution in [0.4, 0.5) is 23.0 Å². The lowest BCUT2D eigenvalue weighted by Gasteiger charge is -2.09. The minimum atomic E-state index is -4.78. The van der Waals surface area contributed by atoms with Crippen LogP contribution in [0.15, 0.2) is 50.4 Å². The van der Waals surface area contributed by atoms with Crippen LogP contribution in [-0.4, -0.2) is 55.8 Å². The SMILES string of the molecule is Cc1nn(-c2cc(Cl)c(S(=O)(=O)O)cc2Cl)c(O)c1/N=N/c1cc(Nc2nc(Cl)nc(Cl)n2)ccc1S(=O)(=O)O. The second-order valence-corrected chi connectivity index (χ2v) is 11.8. The molecule has 2 aromatic heterocycles. The standard InChI is InChI=1S/C19H12Cl4N8O7S2/c1-7-15(16(32)31(30-7)12-5-10(21)14(6-9(12)20)40(36,37)38)29-28-11-4-8(2-3-13(11)39(33,34)35)24-19-26-17(22)25-18(23)27-19/h2-6,32H,1H3,(H,33,34,35)(H,36,37,38)(H,24,25,26,27)/b29-28+. The normalized spacial score (nSPS) is 12.3. The average molecular weight is 670 g/mol. The number of halogens is 4. The summed E-state index contributed by atoms with van der Waals surface area (Å²) in [7, 11) is -9.47. The fourth-order valence-electron chi connectivity index (χ4n) is 3.18. The molecule has 2 aromatic carbocycles. The van der Waals surface area contributed by atoms with Crippen molar-refractivity contribution in [1.29, 1.82) is 0 Å². The fourth-order valence-corrected chi connectivity index (χ4v) is 5.47. The molecule has 2 heterocycles. The van der Waals surface area contributed by atoms with Crippen molar-refractivity contribution < 1.29 is 31.0 Å². The molecule has 21 heteroatoms. The zero-order valence-corrected chi connectivity index (χ0v) is 24.0. The van der Waals surface area contributed by atoms with Crippen LogP contribution in [-0.2, 0) is 20.2 Å². The summed E-state index contributed by atoms with van der Waals surface area (Å²) in [5.74, 6) is -0.728. The summed E-state index contributed by atoms with van der Waals surface area (Å²) in [4.78, 5) is 9.96. The van der Waals surface area contributed by atoms with Crippen LogP contribution in [0.1, 0.15) is 5.69 Å². The summed E-state index contributed by atoms with van der Waals surface area (Å²) in [5, 5.41) is 24.2. The molecule has 0 atom stereocenters. The first-order valence-corrected chi connectivity index (χ1v) is 14.6. The minimum absolute atomic E-state index is 0.0736. The van der Waals surface area contributed by atoms with Gasteiger partial charge in [-0.15, -0.1) is 10.2 Å². The van der Waals surface area contributed by atoms with Crippen molar-refractivity contribution in [2.75, 3.05) is 5.32 Å². The molecule has 0 aliphatic carbocycles. The Labute approximate surface area is 244 Å². The Kier molecular flexibility index (Phi) is 8.21. The second-order valence-electron chi connectivity index (χ2n) is 7.56. The Morgan fingerprint density at radius 2 is 1.48 bits per heavy atom. The number of nitrogens with one attached hydrogen (secondary N) is 1. The molecule has 210 valence electrons. The molecule has 0 spiro atoms. The van der Waals surface area contributed by atoms with Gasteiger partial charge in [0.2, 0.25) is 22.4 Å². The van der Waals surface area contributed by atoms with Crippen LogP contribution >= 0.6 is 46.4 Å². The molecule has 0 fully saturated rings. The molecule has 0 saturated heterocycles. The van der Waals surface area contributed by atoms with E-state index in [0.29, 0.717) is 0 Å². The fraction of sp³-hybridized carbons (Fsp3) is 0.0526. The van der Waals surface area contributed by atoms with E-state index in [-0.39, 0.29) is 50.0 Å². The Morgan fingerprint density at radius 3 is 2.08 bits per heavy atom. The smallest absolute Gasteiger partial charge is 0.296 e. The van der Waals surface area contributed by atoms with E-state index in [2.05, 4.69) is 35.6 Å². The van der Waals surface area contributed by atoms with E-state index in [0.717, 1.165) is 22.9 Å². The molecule has 15 nitrogen and oxygen atoms in total. The average Bonchev–Trinajstić information content (AvgIpc) is 3.09. The van der Waals surface area contributed by atoms with E-state index in [1.807, 2.05) is 0 Å². The maximum atomic E-state index is 11.9. The molecule has 40 heavy (non-hydrogen) atoms. The van der Waals surface area contributed by atoms with Gasteiger partial charge in [0, 0.05) is 5.69 Å². The number of aromatic hydroxyl groups is 1. The van der Waals surface area contributed by atoms with Crippen molar-refractivity contribution in [2.45, 2.75) is 16.7 Å². The largest absolute Gasteiger partial charge is 0.492 e. The maximum absolute atomic E-state index is 11.9. The van der Waals surface area contributed by atoms with Crippen LogP contribution in [0, 0.1) is 6.92 Å². The van der Waals surface area contributed by atoms with Crippen molar-refractivity contribution >= 4 is 89.7 Å². The summed E-state index contributed by atoms with van der Waals surface area (Å²) in [6.07, 6.45) is 0. The van der Waals surface area contributed by atoms with Gasteiger partial charge in [-0.25, -0.2) is 0 Å². The van der Waals surface area contributed by atoms with Crippen LogP contribution in [0.25, 0.3) is 5.69 Å². The number of rotatable bonds is 7. The number of benzene rings is 2. The van der Waals surface area contributed by atoms with E-state index in [1.54, 1.807) is 0 Å². The number of anilines is 2. The summed E-state index contributed by atoms with van der Waals surface area (Å²) in [5.41, 5.74) is -0.452. The minimum Gasteiger partial charge on any atom is -0.492 e. The van der Waals surface area contributed by atoms with Gasteiger partial charge in [0.25, 0.3) is 20.2 Å². The topological polar surface area (TPSA) is 222 Å². The Balaban J connectivity index is 1.76. The lowest BCUT2D eigenvalue weighted by Crippen LogP contribution is -2.03. The molecular formula is C19H12Cl4N8O7S2. The van der Waals surface area contributed by atoms with Gasteiger partial charge in [0.15, 0.2) is 5.69 Å². The van der Waals surface area contributed by atoms with E-state index in [9.17, 15) is 31.0 Å². The quantitative estimate of drug-likeness (QED) is 0.145. The van der Waals surface area contributed by atoms with E-state index >= 15 is 0 Å². The van der Waals surface area contributed by atoms with Crippen molar-refractivity contribution in [2.24, 2.45) is 10.2 Å². The molecule has 0 amide bonds. The van der Waals surface area contributed by atoms with Crippen molar-refractivity contribution in [3.63, 3.8) is 0 Å². The molecule has 0 bridgehead atoms. The van der Waals surface area contributed by atoms with Crippen molar-refractivity contribution in [1.82, 2.24) is 24.7 Å². The van der Waals surface area contributed by atoms with E-state index in [1.165, 1.54) is 19.1 Å². The molecule has 4 aromatic rings. The Hall–Kier alpha value is -3.16. The number of aromatic nitrogens is 5. The third-order valence-electron chi connectivity index (χ3n) is 4.84. The summed E-state index contributed by atoms with van der Waals surface area (Å²) in [6, 6.07) is 5.34. The van der Waals surface area contributed by atoms with Gasteiger partial charge in [-0.3, -0.25) is 9.11 Å². The first-order valence-electron chi connectivity index (χ1n) is 10.2. The molecule has 0 unspecified atom stereocenters. The zero-order valence-electron chi connectivity index (χ0n) is 19.3. The predicted molar refractivity (Wildman–Crippen MR) is 143 cm³/mol. The van der Waals surface area contributed by atoms with Crippen molar-refractivity contribution in [3.8, 4) is 11.6 Å². The Bertz CT molecular complexity index is 1900. The van der Waals surface area contributed by atoms with Crippen LogP contribution in [0.5, 0.6) is 5.88 Å². The zero-order chi connectivity index (χ0) is 29.6. The highest BCUT2D eigenvalue weighted by Crippen LogP contribution is 2.39. The molecule has 0 saturated carbocycles. The highest BCUT2D eigenvalue weighted by atomic mass is 35.5. The number of azo groups is 1. The molecule has 0 radical (unpaired) electrons. The van der Waals surface area contributed by atoms with Gasteiger partial charge in [0.05, 0.1) is 21.4 Å². The maximum Gasteiger partial charge on any atom is 0.296 e. The third kappa shape index (κ3) is 6.42. The first-order chi connectivity index (χ1) is 18.5. The van der Waals surface area contributed by atoms with Crippen LogP contribution in [0.2, 0.25) is 20.6 Å². The van der Waals surface area contributed by atoms with Gasteiger partial charge in [0.1, 0.15) is 15.5 Å². The molecular weight excluding hydrogens is 658 g/mol. The molecule has 4 N–H and O–H groups in total. The van der Waals surface area contributed by atoms with Gasteiger partial charge in [-0.05, 0) is 60.5 Å².